The van der Waals surface area contributed by atoms with Gasteiger partial charge in [0.25, 0.3) is 0 Å². The molecule has 132 valence electrons. The molecule has 0 amide bonds. The van der Waals surface area contributed by atoms with Gasteiger partial charge in [-0.15, -0.1) is 0 Å². The van der Waals surface area contributed by atoms with Crippen molar-refractivity contribution in [2.75, 3.05) is 27.2 Å². The molecule has 3 nitrogen and oxygen atoms in total. The van der Waals surface area contributed by atoms with Gasteiger partial charge in [0.15, 0.2) is 0 Å². The van der Waals surface area contributed by atoms with E-state index in [1.807, 2.05) is 24.3 Å². The van der Waals surface area contributed by atoms with E-state index in [2.05, 4.69) is 44.1 Å². The molecule has 2 atom stereocenters. The van der Waals surface area contributed by atoms with E-state index in [0.29, 0.717) is 18.4 Å². The van der Waals surface area contributed by atoms with Gasteiger partial charge in [0.05, 0.1) is 5.71 Å². The van der Waals surface area contributed by atoms with Gasteiger partial charge in [-0.3, -0.25) is 0 Å². The zero-order valence-corrected chi connectivity index (χ0v) is 16.0. The van der Waals surface area contributed by atoms with E-state index in [1.54, 1.807) is 0 Å². The number of oxime groups is 1. The van der Waals surface area contributed by atoms with Crippen LogP contribution < -0.4 is 0 Å². The molecule has 0 unspecified atom stereocenters. The fourth-order valence-electron chi connectivity index (χ4n) is 3.14. The minimum atomic E-state index is 0.446. The number of allylic oxidation sites excluding steroid dienone is 1. The summed E-state index contributed by atoms with van der Waals surface area (Å²) < 4.78 is 0. The summed E-state index contributed by atoms with van der Waals surface area (Å²) in [6.45, 7) is 6.09. The van der Waals surface area contributed by atoms with Crippen molar-refractivity contribution in [1.82, 2.24) is 4.90 Å². The van der Waals surface area contributed by atoms with E-state index in [9.17, 15) is 0 Å². The second kappa shape index (κ2) is 9.24. The molecular formula is C20H29ClN2O. The van der Waals surface area contributed by atoms with E-state index >= 15 is 0 Å². The number of hydrogen-bond acceptors (Lipinski definition) is 3. The molecule has 0 aliphatic heterocycles. The van der Waals surface area contributed by atoms with Crippen molar-refractivity contribution in [3.05, 3.63) is 40.4 Å². The van der Waals surface area contributed by atoms with E-state index in [1.165, 1.54) is 18.4 Å². The normalized spacial score (nSPS) is 23.0. The Morgan fingerprint density at radius 3 is 2.71 bits per heavy atom. The standard InChI is InChI=1S/C20H29ClN2O/c1-15(13-23(3)4)14-24-22-20-16(2)6-5-7-18(20)12-17-8-10-19(21)11-9-17/h8-12,15-16H,5-7,13-14H2,1-4H3/t15-,16+/m0/s1. The van der Waals surface area contributed by atoms with Crippen LogP contribution in [-0.4, -0.2) is 37.9 Å². The van der Waals surface area contributed by atoms with Crippen molar-refractivity contribution in [3.63, 3.8) is 0 Å². The van der Waals surface area contributed by atoms with Crippen LogP contribution in [0.15, 0.2) is 35.0 Å². The molecule has 0 N–H and O–H groups in total. The maximum absolute atomic E-state index is 5.97. The molecule has 0 heterocycles. The topological polar surface area (TPSA) is 24.8 Å². The molecule has 0 aromatic heterocycles. The van der Waals surface area contributed by atoms with Gasteiger partial charge in [0.2, 0.25) is 0 Å². The lowest BCUT2D eigenvalue weighted by atomic mass is 9.84. The van der Waals surface area contributed by atoms with Crippen LogP contribution >= 0.6 is 11.6 Å². The van der Waals surface area contributed by atoms with Gasteiger partial charge < -0.3 is 9.74 Å². The number of hydrogen-bond donors (Lipinski definition) is 0. The lowest BCUT2D eigenvalue weighted by Crippen LogP contribution is -2.23. The zero-order valence-electron chi connectivity index (χ0n) is 15.3. The molecule has 1 aromatic rings. The highest BCUT2D eigenvalue weighted by atomic mass is 35.5. The number of rotatable bonds is 6. The third kappa shape index (κ3) is 5.95. The van der Waals surface area contributed by atoms with Crippen LogP contribution in [0.1, 0.15) is 38.7 Å². The highest BCUT2D eigenvalue weighted by Crippen LogP contribution is 2.28. The van der Waals surface area contributed by atoms with Crippen LogP contribution in [0, 0.1) is 11.8 Å². The Kier molecular flexibility index (Phi) is 7.32. The van der Waals surface area contributed by atoms with Crippen molar-refractivity contribution in [2.24, 2.45) is 17.0 Å². The Hall–Kier alpha value is -1.32. The fraction of sp³-hybridized carbons (Fsp3) is 0.550. The predicted molar refractivity (Wildman–Crippen MR) is 104 cm³/mol. The summed E-state index contributed by atoms with van der Waals surface area (Å²) in [6, 6.07) is 7.95. The van der Waals surface area contributed by atoms with E-state index in [0.717, 1.165) is 29.3 Å². The average Bonchev–Trinajstić information content (AvgIpc) is 2.51. The summed E-state index contributed by atoms with van der Waals surface area (Å²) in [7, 11) is 4.16. The quantitative estimate of drug-likeness (QED) is 0.667. The van der Waals surface area contributed by atoms with Crippen molar-refractivity contribution < 1.29 is 4.84 Å². The summed E-state index contributed by atoms with van der Waals surface area (Å²) in [6.07, 6.45) is 5.66. The fourth-order valence-corrected chi connectivity index (χ4v) is 3.27. The second-order valence-corrected chi connectivity index (χ2v) is 7.59. The molecule has 0 saturated heterocycles. The molecule has 0 bridgehead atoms. The van der Waals surface area contributed by atoms with Gasteiger partial charge in [-0.2, -0.15) is 0 Å². The van der Waals surface area contributed by atoms with Gasteiger partial charge in [-0.1, -0.05) is 42.7 Å². The van der Waals surface area contributed by atoms with Gasteiger partial charge in [-0.05, 0) is 62.7 Å². The summed E-state index contributed by atoms with van der Waals surface area (Å²) in [5.41, 5.74) is 3.56. The number of nitrogens with zero attached hydrogens (tertiary/aromatic N) is 2. The maximum atomic E-state index is 5.97. The smallest absolute Gasteiger partial charge is 0.120 e. The summed E-state index contributed by atoms with van der Waals surface area (Å²) in [5.74, 6) is 0.911. The molecule has 4 heteroatoms. The SMILES string of the molecule is C[C@H](CON=C1C(=Cc2ccc(Cl)cc2)CCC[C@H]1C)CN(C)C. The van der Waals surface area contributed by atoms with E-state index < -0.39 is 0 Å². The van der Waals surface area contributed by atoms with Crippen LogP contribution in [0.25, 0.3) is 6.08 Å². The van der Waals surface area contributed by atoms with E-state index in [-0.39, 0.29) is 0 Å². The molecule has 1 fully saturated rings. The zero-order chi connectivity index (χ0) is 17.5. The molecule has 2 rings (SSSR count). The molecule has 1 aliphatic rings. The minimum Gasteiger partial charge on any atom is -0.395 e. The average molecular weight is 349 g/mol. The molecule has 0 spiro atoms. The predicted octanol–water partition coefficient (Wildman–Crippen LogP) is 5.11. The van der Waals surface area contributed by atoms with Crippen LogP contribution in [0.3, 0.4) is 0 Å². The Morgan fingerprint density at radius 2 is 2.04 bits per heavy atom. The van der Waals surface area contributed by atoms with E-state index in [4.69, 9.17) is 16.4 Å². The lowest BCUT2D eigenvalue weighted by molar-refractivity contribution is 0.100. The molecular weight excluding hydrogens is 320 g/mol. The molecule has 0 radical (unpaired) electrons. The molecule has 1 saturated carbocycles. The van der Waals surface area contributed by atoms with Crippen LogP contribution in [-0.2, 0) is 4.84 Å². The van der Waals surface area contributed by atoms with Gasteiger partial charge in [-0.25, -0.2) is 0 Å². The van der Waals surface area contributed by atoms with Gasteiger partial charge >= 0.3 is 0 Å². The second-order valence-electron chi connectivity index (χ2n) is 7.15. The third-order valence-corrected chi connectivity index (χ3v) is 4.54. The Labute approximate surface area is 151 Å². The summed E-state index contributed by atoms with van der Waals surface area (Å²) >= 11 is 5.97. The van der Waals surface area contributed by atoms with Crippen molar-refractivity contribution in [2.45, 2.75) is 33.1 Å². The van der Waals surface area contributed by atoms with Crippen LogP contribution in [0.4, 0.5) is 0 Å². The Balaban J connectivity index is 2.08. The van der Waals surface area contributed by atoms with Gasteiger partial charge in [0, 0.05) is 23.4 Å². The number of halogens is 1. The van der Waals surface area contributed by atoms with Crippen molar-refractivity contribution >= 4 is 23.4 Å². The maximum Gasteiger partial charge on any atom is 0.120 e. The summed E-state index contributed by atoms with van der Waals surface area (Å²) in [5, 5.41) is 5.28. The Morgan fingerprint density at radius 1 is 1.33 bits per heavy atom. The van der Waals surface area contributed by atoms with Crippen LogP contribution in [0.2, 0.25) is 5.02 Å². The largest absolute Gasteiger partial charge is 0.395 e. The highest BCUT2D eigenvalue weighted by Gasteiger charge is 2.21. The first-order valence-corrected chi connectivity index (χ1v) is 9.14. The van der Waals surface area contributed by atoms with Gasteiger partial charge in [0.1, 0.15) is 6.61 Å². The highest BCUT2D eigenvalue weighted by molar-refractivity contribution is 6.30. The molecule has 24 heavy (non-hydrogen) atoms. The molecule has 1 aromatic carbocycles. The third-order valence-electron chi connectivity index (χ3n) is 4.29. The van der Waals surface area contributed by atoms with Crippen LogP contribution in [0.5, 0.6) is 0 Å². The monoisotopic (exact) mass is 348 g/mol. The first-order valence-electron chi connectivity index (χ1n) is 8.76. The Bertz CT molecular complexity index is 578. The number of benzene rings is 1. The molecule has 1 aliphatic carbocycles. The minimum absolute atomic E-state index is 0.446. The summed E-state index contributed by atoms with van der Waals surface area (Å²) in [4.78, 5) is 7.87. The van der Waals surface area contributed by atoms with Crippen molar-refractivity contribution in [3.8, 4) is 0 Å². The first-order chi connectivity index (χ1) is 11.5. The lowest BCUT2D eigenvalue weighted by Gasteiger charge is -2.23. The van der Waals surface area contributed by atoms with Crippen molar-refractivity contribution in [1.29, 1.82) is 0 Å². The first kappa shape index (κ1) is 19.0.